The Morgan fingerprint density at radius 1 is 1.17 bits per heavy atom. The average molecular weight is 329 g/mol. The first-order valence-corrected chi connectivity index (χ1v) is 8.64. The number of nitrogens with one attached hydrogen (secondary N) is 1. The summed E-state index contributed by atoms with van der Waals surface area (Å²) in [6.45, 7) is 4.91. The van der Waals surface area contributed by atoms with Gasteiger partial charge >= 0.3 is 6.03 Å². The Morgan fingerprint density at radius 3 is 2.71 bits per heavy atom. The van der Waals surface area contributed by atoms with Crippen molar-refractivity contribution in [3.05, 3.63) is 34.9 Å². The summed E-state index contributed by atoms with van der Waals surface area (Å²) in [7, 11) is 0. The van der Waals surface area contributed by atoms with Crippen LogP contribution in [0.5, 0.6) is 0 Å². The molecule has 1 aliphatic carbocycles. The lowest BCUT2D eigenvalue weighted by Gasteiger charge is -2.30. The lowest BCUT2D eigenvalue weighted by atomic mass is 9.90. The molecule has 0 saturated carbocycles. The van der Waals surface area contributed by atoms with Gasteiger partial charge in [0, 0.05) is 13.1 Å². The zero-order valence-electron chi connectivity index (χ0n) is 14.0. The summed E-state index contributed by atoms with van der Waals surface area (Å²) in [6, 6.07) is 5.88. The minimum Gasteiger partial charge on any atom is -0.379 e. The van der Waals surface area contributed by atoms with E-state index in [-0.39, 0.29) is 11.9 Å². The Kier molecular flexibility index (Phi) is 3.81. The van der Waals surface area contributed by atoms with Gasteiger partial charge in [0.1, 0.15) is 5.54 Å². The van der Waals surface area contributed by atoms with Crippen molar-refractivity contribution in [1.29, 1.82) is 0 Å². The molecule has 2 saturated heterocycles. The fourth-order valence-corrected chi connectivity index (χ4v) is 3.85. The molecule has 6 nitrogen and oxygen atoms in total. The molecule has 1 aromatic carbocycles. The van der Waals surface area contributed by atoms with E-state index in [0.717, 1.165) is 31.5 Å². The Labute approximate surface area is 141 Å². The van der Waals surface area contributed by atoms with Crippen LogP contribution in [0, 0.1) is 0 Å². The summed E-state index contributed by atoms with van der Waals surface area (Å²) in [5.74, 6) is -0.170. The standard InChI is InChI=1S/C18H23N3O3/c1-18(15-6-5-13-3-2-4-14(13)11-15)16(22)21(17(23)19-18)12-20-7-9-24-10-8-20/h5-6,11H,2-4,7-10,12H2,1H3,(H,19,23). The second-order valence-electron chi connectivity index (χ2n) is 7.00. The minimum atomic E-state index is -0.971. The van der Waals surface area contributed by atoms with E-state index < -0.39 is 5.54 Å². The topological polar surface area (TPSA) is 61.9 Å². The fourth-order valence-electron chi connectivity index (χ4n) is 3.85. The van der Waals surface area contributed by atoms with Crippen molar-refractivity contribution in [3.8, 4) is 0 Å². The van der Waals surface area contributed by atoms with Crippen LogP contribution in [0.2, 0.25) is 0 Å². The first-order valence-electron chi connectivity index (χ1n) is 8.64. The largest absolute Gasteiger partial charge is 0.379 e. The van der Waals surface area contributed by atoms with E-state index in [4.69, 9.17) is 4.74 Å². The smallest absolute Gasteiger partial charge is 0.326 e. The molecule has 6 heteroatoms. The van der Waals surface area contributed by atoms with E-state index in [2.05, 4.69) is 22.3 Å². The highest BCUT2D eigenvalue weighted by molar-refractivity contribution is 6.07. The van der Waals surface area contributed by atoms with E-state index in [1.54, 1.807) is 0 Å². The highest BCUT2D eigenvalue weighted by Gasteiger charge is 2.49. The highest BCUT2D eigenvalue weighted by Crippen LogP contribution is 2.32. The number of urea groups is 1. The molecule has 0 bridgehead atoms. The van der Waals surface area contributed by atoms with Gasteiger partial charge in [-0.2, -0.15) is 0 Å². The van der Waals surface area contributed by atoms with Gasteiger partial charge in [0.2, 0.25) is 0 Å². The predicted molar refractivity (Wildman–Crippen MR) is 88.5 cm³/mol. The molecule has 1 atom stereocenters. The molecule has 128 valence electrons. The van der Waals surface area contributed by atoms with Crippen molar-refractivity contribution in [2.45, 2.75) is 31.7 Å². The quantitative estimate of drug-likeness (QED) is 0.848. The van der Waals surface area contributed by atoms with Crippen LogP contribution in [0.3, 0.4) is 0 Å². The molecular weight excluding hydrogens is 306 g/mol. The molecule has 3 aliphatic rings. The van der Waals surface area contributed by atoms with Crippen LogP contribution < -0.4 is 5.32 Å². The number of rotatable bonds is 3. The van der Waals surface area contributed by atoms with Gasteiger partial charge in [-0.15, -0.1) is 0 Å². The van der Waals surface area contributed by atoms with Crippen LogP contribution >= 0.6 is 0 Å². The number of nitrogens with zero attached hydrogens (tertiary/aromatic N) is 2. The van der Waals surface area contributed by atoms with Crippen LogP contribution in [0.15, 0.2) is 18.2 Å². The van der Waals surface area contributed by atoms with E-state index >= 15 is 0 Å². The zero-order chi connectivity index (χ0) is 16.7. The van der Waals surface area contributed by atoms with E-state index in [1.165, 1.54) is 22.4 Å². The molecule has 3 amide bonds. The molecule has 0 radical (unpaired) electrons. The first-order chi connectivity index (χ1) is 11.6. The summed E-state index contributed by atoms with van der Waals surface area (Å²) in [5.41, 5.74) is 2.58. The van der Waals surface area contributed by atoms with Crippen molar-refractivity contribution < 1.29 is 14.3 Å². The lowest BCUT2D eigenvalue weighted by molar-refractivity contribution is -0.133. The summed E-state index contributed by atoms with van der Waals surface area (Å²) >= 11 is 0. The Bertz CT molecular complexity index is 684. The van der Waals surface area contributed by atoms with Crippen molar-refractivity contribution >= 4 is 11.9 Å². The fraction of sp³-hybridized carbons (Fsp3) is 0.556. The molecule has 24 heavy (non-hydrogen) atoms. The van der Waals surface area contributed by atoms with Crippen molar-refractivity contribution in [3.63, 3.8) is 0 Å². The Hall–Kier alpha value is -1.92. The van der Waals surface area contributed by atoms with Gasteiger partial charge in [-0.05, 0) is 42.9 Å². The van der Waals surface area contributed by atoms with Crippen LogP contribution in [0.1, 0.15) is 30.0 Å². The third-order valence-electron chi connectivity index (χ3n) is 5.40. The zero-order valence-corrected chi connectivity index (χ0v) is 14.0. The summed E-state index contributed by atoms with van der Waals surface area (Å²) < 4.78 is 5.33. The molecule has 0 spiro atoms. The van der Waals surface area contributed by atoms with E-state index in [0.29, 0.717) is 19.9 Å². The lowest BCUT2D eigenvalue weighted by Crippen LogP contribution is -2.47. The molecular formula is C18H23N3O3. The predicted octanol–water partition coefficient (Wildman–Crippen LogP) is 1.23. The van der Waals surface area contributed by atoms with Crippen LogP contribution in [0.25, 0.3) is 0 Å². The number of fused-ring (bicyclic) bond motifs is 1. The van der Waals surface area contributed by atoms with Gasteiger partial charge < -0.3 is 10.1 Å². The van der Waals surface area contributed by atoms with Gasteiger partial charge in [0.25, 0.3) is 5.91 Å². The molecule has 1 unspecified atom stereocenters. The second kappa shape index (κ2) is 5.86. The third kappa shape index (κ3) is 2.50. The number of imide groups is 1. The molecule has 2 heterocycles. The number of benzene rings is 1. The van der Waals surface area contributed by atoms with Crippen molar-refractivity contribution in [2.75, 3.05) is 33.0 Å². The maximum Gasteiger partial charge on any atom is 0.326 e. The summed E-state index contributed by atoms with van der Waals surface area (Å²) in [4.78, 5) is 28.8. The monoisotopic (exact) mass is 329 g/mol. The average Bonchev–Trinajstić information content (AvgIpc) is 3.14. The van der Waals surface area contributed by atoms with Gasteiger partial charge in [0.05, 0.1) is 19.9 Å². The molecule has 4 rings (SSSR count). The maximum absolute atomic E-state index is 13.0. The van der Waals surface area contributed by atoms with E-state index in [1.807, 2.05) is 13.0 Å². The number of carbonyl (C=O) groups excluding carboxylic acids is 2. The number of ether oxygens (including phenoxy) is 1. The second-order valence-corrected chi connectivity index (χ2v) is 7.00. The number of morpholine rings is 1. The van der Waals surface area contributed by atoms with Crippen molar-refractivity contribution in [2.24, 2.45) is 0 Å². The number of aryl methyl sites for hydroxylation is 2. The van der Waals surface area contributed by atoms with E-state index in [9.17, 15) is 9.59 Å². The molecule has 1 N–H and O–H groups in total. The van der Waals surface area contributed by atoms with Gasteiger partial charge in [-0.25, -0.2) is 9.69 Å². The molecule has 2 fully saturated rings. The number of hydrogen-bond acceptors (Lipinski definition) is 4. The highest BCUT2D eigenvalue weighted by atomic mass is 16.5. The SMILES string of the molecule is CC1(c2ccc3c(c2)CCC3)NC(=O)N(CN2CCOCC2)C1=O. The number of amides is 3. The minimum absolute atomic E-state index is 0.170. The normalized spacial score (nSPS) is 27.5. The summed E-state index contributed by atoms with van der Waals surface area (Å²) in [6.07, 6.45) is 3.33. The third-order valence-corrected chi connectivity index (χ3v) is 5.40. The van der Waals surface area contributed by atoms with Gasteiger partial charge in [-0.1, -0.05) is 18.2 Å². The molecule has 0 aromatic heterocycles. The van der Waals surface area contributed by atoms with Gasteiger partial charge in [-0.3, -0.25) is 9.69 Å². The number of carbonyl (C=O) groups is 2. The van der Waals surface area contributed by atoms with Crippen LogP contribution in [0.4, 0.5) is 4.79 Å². The number of hydrogen-bond donors (Lipinski definition) is 1. The Morgan fingerprint density at radius 2 is 1.92 bits per heavy atom. The summed E-state index contributed by atoms with van der Waals surface area (Å²) in [5, 5.41) is 2.91. The van der Waals surface area contributed by atoms with Crippen molar-refractivity contribution in [1.82, 2.24) is 15.1 Å². The van der Waals surface area contributed by atoms with Crippen LogP contribution in [-0.2, 0) is 27.9 Å². The maximum atomic E-state index is 13.0. The molecule has 1 aromatic rings. The molecule has 2 aliphatic heterocycles. The van der Waals surface area contributed by atoms with Gasteiger partial charge in [0.15, 0.2) is 0 Å². The first kappa shape index (κ1) is 15.6. The Balaban J connectivity index is 1.57. The van der Waals surface area contributed by atoms with Crippen LogP contribution in [-0.4, -0.2) is 54.7 Å².